The molecule has 3 amide bonds. The Morgan fingerprint density at radius 1 is 1.33 bits per heavy atom. The Kier molecular flexibility index (Phi) is 5.55. The highest BCUT2D eigenvalue weighted by Gasteiger charge is 2.55. The van der Waals surface area contributed by atoms with Crippen molar-refractivity contribution in [1.29, 1.82) is 0 Å². The summed E-state index contributed by atoms with van der Waals surface area (Å²) in [6, 6.07) is -0.323. The maximum absolute atomic E-state index is 12.7. The number of carbonyl (C=O) groups is 2. The molecule has 2 fully saturated rings. The van der Waals surface area contributed by atoms with Crippen molar-refractivity contribution in [1.82, 2.24) is 10.2 Å². The topological polar surface area (TPSA) is 93.9 Å². The van der Waals surface area contributed by atoms with Crippen LogP contribution in [0.2, 0.25) is 0 Å². The number of nitrogens with one attached hydrogen (secondary N) is 1. The molecule has 1 spiro atoms. The Balaban J connectivity index is 1.95. The maximum atomic E-state index is 12.7. The summed E-state index contributed by atoms with van der Waals surface area (Å²) >= 11 is 0. The molecule has 2 unspecified atom stereocenters. The van der Waals surface area contributed by atoms with Crippen LogP contribution in [0.4, 0.5) is 4.79 Å². The first kappa shape index (κ1) is 16.2. The van der Waals surface area contributed by atoms with Gasteiger partial charge in [0, 0.05) is 13.0 Å². The van der Waals surface area contributed by atoms with E-state index in [0.29, 0.717) is 32.8 Å². The average Bonchev–Trinajstić information content (AvgIpc) is 2.72. The molecule has 7 nitrogen and oxygen atoms in total. The molecule has 2 aliphatic rings. The van der Waals surface area contributed by atoms with E-state index in [9.17, 15) is 9.59 Å². The van der Waals surface area contributed by atoms with Gasteiger partial charge in [-0.2, -0.15) is 0 Å². The van der Waals surface area contributed by atoms with Gasteiger partial charge in [0.15, 0.2) is 0 Å². The van der Waals surface area contributed by atoms with Crippen molar-refractivity contribution in [3.8, 4) is 0 Å². The number of hydrogen-bond donors (Lipinski definition) is 2. The van der Waals surface area contributed by atoms with E-state index in [2.05, 4.69) is 5.32 Å². The molecule has 0 aromatic carbocycles. The minimum absolute atomic E-state index is 0.0297. The molecule has 3 N–H and O–H groups in total. The lowest BCUT2D eigenvalue weighted by Gasteiger charge is -2.38. The van der Waals surface area contributed by atoms with Crippen LogP contribution in [0.3, 0.4) is 0 Å². The minimum Gasteiger partial charge on any atom is -0.382 e. The van der Waals surface area contributed by atoms with Crippen molar-refractivity contribution in [2.24, 2.45) is 11.7 Å². The molecule has 1 saturated heterocycles. The SMILES string of the molecule is COCCOCCN1C(=O)NC2(CCCCC2CN)C1=O. The fraction of sp³-hybridized carbons (Fsp3) is 0.857. The quantitative estimate of drug-likeness (QED) is 0.513. The number of urea groups is 1. The van der Waals surface area contributed by atoms with Crippen molar-refractivity contribution in [3.63, 3.8) is 0 Å². The number of methoxy groups -OCH3 is 1. The van der Waals surface area contributed by atoms with Crippen LogP contribution in [0.1, 0.15) is 25.7 Å². The van der Waals surface area contributed by atoms with Crippen LogP contribution in [0.25, 0.3) is 0 Å². The van der Waals surface area contributed by atoms with Crippen LogP contribution in [-0.2, 0) is 14.3 Å². The standard InChI is InChI=1S/C14H25N3O4/c1-20-8-9-21-7-6-17-12(18)14(16-13(17)19)5-3-2-4-11(14)10-15/h11H,2-10,15H2,1H3,(H,16,19). The summed E-state index contributed by atoms with van der Waals surface area (Å²) < 4.78 is 10.2. The average molecular weight is 299 g/mol. The van der Waals surface area contributed by atoms with E-state index < -0.39 is 5.54 Å². The summed E-state index contributed by atoms with van der Waals surface area (Å²) in [5.74, 6) is -0.111. The van der Waals surface area contributed by atoms with Crippen molar-refractivity contribution in [2.75, 3.05) is 40.0 Å². The fourth-order valence-electron chi connectivity index (χ4n) is 3.26. The summed E-state index contributed by atoms with van der Waals surface area (Å²) in [5.41, 5.74) is 5.02. The Bertz CT molecular complexity index is 390. The number of amides is 3. The number of hydrogen-bond acceptors (Lipinski definition) is 5. The van der Waals surface area contributed by atoms with Gasteiger partial charge in [0.1, 0.15) is 5.54 Å². The van der Waals surface area contributed by atoms with Crippen LogP contribution in [-0.4, -0.2) is 62.4 Å². The monoisotopic (exact) mass is 299 g/mol. The number of rotatable bonds is 7. The second-order valence-corrected chi connectivity index (χ2v) is 5.64. The maximum Gasteiger partial charge on any atom is 0.325 e. The van der Waals surface area contributed by atoms with E-state index in [-0.39, 0.29) is 24.4 Å². The van der Waals surface area contributed by atoms with E-state index in [4.69, 9.17) is 15.2 Å². The second kappa shape index (κ2) is 7.20. The van der Waals surface area contributed by atoms with E-state index >= 15 is 0 Å². The van der Waals surface area contributed by atoms with Gasteiger partial charge in [-0.15, -0.1) is 0 Å². The zero-order valence-corrected chi connectivity index (χ0v) is 12.6. The van der Waals surface area contributed by atoms with E-state index in [1.54, 1.807) is 7.11 Å². The zero-order chi connectivity index (χ0) is 15.3. The molecule has 0 bridgehead atoms. The lowest BCUT2D eigenvalue weighted by atomic mass is 9.72. The third-order valence-corrected chi connectivity index (χ3v) is 4.45. The van der Waals surface area contributed by atoms with Crippen LogP contribution in [0.5, 0.6) is 0 Å². The van der Waals surface area contributed by atoms with Crippen molar-refractivity contribution in [2.45, 2.75) is 31.2 Å². The Labute approximate surface area is 125 Å². The van der Waals surface area contributed by atoms with Gasteiger partial charge in [-0.05, 0) is 19.4 Å². The highest BCUT2D eigenvalue weighted by Crippen LogP contribution is 2.37. The molecule has 2 rings (SSSR count). The molecule has 1 heterocycles. The zero-order valence-electron chi connectivity index (χ0n) is 12.6. The molecule has 7 heteroatoms. The largest absolute Gasteiger partial charge is 0.382 e. The van der Waals surface area contributed by atoms with Crippen LogP contribution >= 0.6 is 0 Å². The Morgan fingerprint density at radius 3 is 2.86 bits per heavy atom. The Morgan fingerprint density at radius 2 is 2.14 bits per heavy atom. The number of carbonyl (C=O) groups excluding carboxylic acids is 2. The van der Waals surface area contributed by atoms with E-state index in [0.717, 1.165) is 19.3 Å². The number of imide groups is 1. The fourth-order valence-corrected chi connectivity index (χ4v) is 3.26. The molecule has 120 valence electrons. The van der Waals surface area contributed by atoms with Gasteiger partial charge in [-0.1, -0.05) is 12.8 Å². The highest BCUT2D eigenvalue weighted by molar-refractivity contribution is 6.07. The van der Waals surface area contributed by atoms with Gasteiger partial charge < -0.3 is 20.5 Å². The lowest BCUT2D eigenvalue weighted by molar-refractivity contribution is -0.134. The predicted octanol–water partition coefficient (Wildman–Crippen LogP) is 0.0889. The van der Waals surface area contributed by atoms with Gasteiger partial charge >= 0.3 is 6.03 Å². The molecule has 1 aliphatic carbocycles. The first-order valence-corrected chi connectivity index (χ1v) is 7.56. The highest BCUT2D eigenvalue weighted by atomic mass is 16.5. The second-order valence-electron chi connectivity index (χ2n) is 5.64. The summed E-state index contributed by atoms with van der Waals surface area (Å²) in [6.45, 7) is 1.97. The van der Waals surface area contributed by atoms with Crippen LogP contribution < -0.4 is 11.1 Å². The van der Waals surface area contributed by atoms with Crippen molar-refractivity contribution >= 4 is 11.9 Å². The van der Waals surface area contributed by atoms with Gasteiger partial charge in [-0.3, -0.25) is 9.69 Å². The van der Waals surface area contributed by atoms with Crippen LogP contribution in [0, 0.1) is 5.92 Å². The first-order valence-electron chi connectivity index (χ1n) is 7.56. The molecule has 21 heavy (non-hydrogen) atoms. The number of nitrogens with two attached hydrogens (primary N) is 1. The summed E-state index contributed by atoms with van der Waals surface area (Å²) in [7, 11) is 1.60. The normalized spacial score (nSPS) is 29.2. The molecule has 0 radical (unpaired) electrons. The van der Waals surface area contributed by atoms with Gasteiger partial charge in [0.05, 0.1) is 26.4 Å². The van der Waals surface area contributed by atoms with Gasteiger partial charge in [0.2, 0.25) is 0 Å². The smallest absolute Gasteiger partial charge is 0.325 e. The number of nitrogens with zero attached hydrogens (tertiary/aromatic N) is 1. The molecule has 0 aromatic rings. The molecule has 1 aliphatic heterocycles. The summed E-state index contributed by atoms with van der Waals surface area (Å²) in [6.07, 6.45) is 3.58. The van der Waals surface area contributed by atoms with Gasteiger partial charge in [0.25, 0.3) is 5.91 Å². The van der Waals surface area contributed by atoms with E-state index in [1.807, 2.05) is 0 Å². The predicted molar refractivity (Wildman–Crippen MR) is 76.7 cm³/mol. The molecule has 1 saturated carbocycles. The molecular weight excluding hydrogens is 274 g/mol. The molecule has 2 atom stereocenters. The van der Waals surface area contributed by atoms with Crippen LogP contribution in [0.15, 0.2) is 0 Å². The third-order valence-electron chi connectivity index (χ3n) is 4.45. The Hall–Kier alpha value is -1.18. The summed E-state index contributed by atoms with van der Waals surface area (Å²) in [4.78, 5) is 26.1. The van der Waals surface area contributed by atoms with Gasteiger partial charge in [-0.25, -0.2) is 4.79 Å². The van der Waals surface area contributed by atoms with Crippen molar-refractivity contribution < 1.29 is 19.1 Å². The minimum atomic E-state index is -0.781. The van der Waals surface area contributed by atoms with Crippen molar-refractivity contribution in [3.05, 3.63) is 0 Å². The lowest BCUT2D eigenvalue weighted by Crippen LogP contribution is -2.57. The summed E-state index contributed by atoms with van der Waals surface area (Å²) in [5, 5.41) is 2.90. The first-order chi connectivity index (χ1) is 10.2. The molecule has 0 aromatic heterocycles. The molecular formula is C14H25N3O4. The van der Waals surface area contributed by atoms with E-state index in [1.165, 1.54) is 4.90 Å². The third kappa shape index (κ3) is 3.20. The number of ether oxygens (including phenoxy) is 2.